The van der Waals surface area contributed by atoms with E-state index in [-0.39, 0.29) is 35.9 Å². The average Bonchev–Trinajstić information content (AvgIpc) is 3.41. The number of Topliss-reactive ketones (excluding diaryl/α,β-unsaturated/α-hetero) is 1. The van der Waals surface area contributed by atoms with Crippen LogP contribution in [0.2, 0.25) is 0 Å². The summed E-state index contributed by atoms with van der Waals surface area (Å²) in [5, 5.41) is 12.6. The molecule has 2 fully saturated rings. The van der Waals surface area contributed by atoms with Gasteiger partial charge < -0.3 is 29.5 Å². The Kier molecular flexibility index (Phi) is 8.16. The second kappa shape index (κ2) is 11.9. The molecule has 3 atom stereocenters. The number of ether oxygens (including phenoxy) is 2. The SMILES string of the molecule is CN1CCC[C@H]1COc1nc2c(c(N3CCN(C(=O)OC(C)(C)C)[C@@H](CC#N)C3)n1)CCC1(Cc3ccccc3NC1=O)C2=O. The summed E-state index contributed by atoms with van der Waals surface area (Å²) >= 11 is 0. The predicted molar refractivity (Wildman–Crippen MR) is 166 cm³/mol. The van der Waals surface area contributed by atoms with Crippen LogP contribution in [0.15, 0.2) is 24.3 Å². The summed E-state index contributed by atoms with van der Waals surface area (Å²) in [4.78, 5) is 56.4. The van der Waals surface area contributed by atoms with E-state index in [0.29, 0.717) is 56.9 Å². The number of aromatic nitrogens is 2. The number of likely N-dealkylation sites (tertiary alicyclic amines) is 1. The first-order valence-electron chi connectivity index (χ1n) is 15.8. The fourth-order valence-electron chi connectivity index (χ4n) is 6.95. The van der Waals surface area contributed by atoms with Gasteiger partial charge in [-0.1, -0.05) is 18.2 Å². The first kappa shape index (κ1) is 30.8. The van der Waals surface area contributed by atoms with E-state index in [4.69, 9.17) is 14.5 Å². The third kappa shape index (κ3) is 5.93. The summed E-state index contributed by atoms with van der Waals surface area (Å²) in [5.41, 5.74) is 0.590. The van der Waals surface area contributed by atoms with Crippen LogP contribution in [0.3, 0.4) is 0 Å². The summed E-state index contributed by atoms with van der Waals surface area (Å²) in [5.74, 6) is -0.0864. The lowest BCUT2D eigenvalue weighted by molar-refractivity contribution is -0.124. The number of nitrogens with zero attached hydrogens (tertiary/aromatic N) is 6. The number of anilines is 2. The molecule has 12 nitrogen and oxygen atoms in total. The molecule has 6 rings (SSSR count). The maximum Gasteiger partial charge on any atom is 0.410 e. The lowest BCUT2D eigenvalue weighted by Crippen LogP contribution is -2.56. The van der Waals surface area contributed by atoms with Crippen molar-refractivity contribution in [1.82, 2.24) is 19.8 Å². The fraction of sp³-hybridized carbons (Fsp3) is 0.576. The van der Waals surface area contributed by atoms with Crippen LogP contribution in [0.5, 0.6) is 6.01 Å². The molecule has 0 radical (unpaired) electrons. The normalized spacial score (nSPS) is 25.0. The zero-order valence-electron chi connectivity index (χ0n) is 26.5. The van der Waals surface area contributed by atoms with Gasteiger partial charge in [-0.25, -0.2) is 4.79 Å². The van der Waals surface area contributed by atoms with Crippen molar-refractivity contribution in [3.63, 3.8) is 0 Å². The monoisotopic (exact) mass is 615 g/mol. The van der Waals surface area contributed by atoms with Gasteiger partial charge >= 0.3 is 12.1 Å². The van der Waals surface area contributed by atoms with E-state index in [2.05, 4.69) is 28.3 Å². The van der Waals surface area contributed by atoms with Crippen LogP contribution < -0.4 is 15.0 Å². The quantitative estimate of drug-likeness (QED) is 0.496. The smallest absolute Gasteiger partial charge is 0.410 e. The van der Waals surface area contributed by atoms with Gasteiger partial charge in [-0.05, 0) is 78.1 Å². The van der Waals surface area contributed by atoms with Gasteiger partial charge in [0, 0.05) is 36.9 Å². The maximum absolute atomic E-state index is 14.4. The Morgan fingerprint density at radius 1 is 1.16 bits per heavy atom. The Balaban J connectivity index is 1.34. The summed E-state index contributed by atoms with van der Waals surface area (Å²) in [6.45, 7) is 7.88. The van der Waals surface area contributed by atoms with Crippen molar-refractivity contribution in [2.75, 3.05) is 50.1 Å². The van der Waals surface area contributed by atoms with Crippen molar-refractivity contribution in [2.45, 2.75) is 77.0 Å². The van der Waals surface area contributed by atoms with Gasteiger partial charge in [-0.2, -0.15) is 15.2 Å². The zero-order valence-corrected chi connectivity index (χ0v) is 26.5. The van der Waals surface area contributed by atoms with E-state index in [9.17, 15) is 19.6 Å². The number of carbonyl (C=O) groups is 3. The van der Waals surface area contributed by atoms with Crippen molar-refractivity contribution < 1.29 is 23.9 Å². The first-order chi connectivity index (χ1) is 21.5. The highest BCUT2D eigenvalue weighted by Crippen LogP contribution is 2.45. The van der Waals surface area contributed by atoms with Gasteiger partial charge in [0.1, 0.15) is 29.1 Å². The number of ketones is 1. The average molecular weight is 616 g/mol. The predicted octanol–water partition coefficient (Wildman–Crippen LogP) is 3.60. The summed E-state index contributed by atoms with van der Waals surface area (Å²) < 4.78 is 11.8. The molecule has 2 saturated heterocycles. The third-order valence-electron chi connectivity index (χ3n) is 9.42. The minimum atomic E-state index is -1.27. The van der Waals surface area contributed by atoms with Crippen molar-refractivity contribution >= 4 is 29.3 Å². The Hall–Kier alpha value is -4.24. The lowest BCUT2D eigenvalue weighted by Gasteiger charge is -2.43. The maximum atomic E-state index is 14.4. The van der Waals surface area contributed by atoms with Gasteiger partial charge in [-0.3, -0.25) is 9.59 Å². The Bertz CT molecular complexity index is 1550. The molecule has 3 aliphatic heterocycles. The van der Waals surface area contributed by atoms with Crippen molar-refractivity contribution in [3.05, 3.63) is 41.1 Å². The highest BCUT2D eigenvalue weighted by molar-refractivity contribution is 6.19. The molecular weight excluding hydrogens is 574 g/mol. The van der Waals surface area contributed by atoms with Crippen LogP contribution >= 0.6 is 0 Å². The third-order valence-corrected chi connectivity index (χ3v) is 9.42. The number of likely N-dealkylation sites (N-methyl/N-ethyl adjacent to an activating group) is 1. The molecule has 45 heavy (non-hydrogen) atoms. The molecule has 1 aromatic heterocycles. The highest BCUT2D eigenvalue weighted by atomic mass is 16.6. The van der Waals surface area contributed by atoms with E-state index >= 15 is 0 Å². The van der Waals surface area contributed by atoms with Gasteiger partial charge in [0.05, 0.1) is 18.5 Å². The Labute approximate surface area is 263 Å². The van der Waals surface area contributed by atoms with Crippen LogP contribution in [0.1, 0.15) is 68.1 Å². The molecule has 1 aromatic carbocycles. The number of hydrogen-bond acceptors (Lipinski definition) is 10. The van der Waals surface area contributed by atoms with Crippen molar-refractivity contribution in [3.8, 4) is 12.1 Å². The topological polar surface area (TPSA) is 141 Å². The molecule has 0 saturated carbocycles. The molecule has 1 spiro atoms. The molecule has 1 N–H and O–H groups in total. The molecule has 0 bridgehead atoms. The van der Waals surface area contributed by atoms with E-state index in [1.807, 2.05) is 49.9 Å². The van der Waals surface area contributed by atoms with Gasteiger partial charge in [-0.15, -0.1) is 0 Å². The van der Waals surface area contributed by atoms with E-state index in [0.717, 1.165) is 30.6 Å². The number of piperazine rings is 1. The van der Waals surface area contributed by atoms with Gasteiger partial charge in [0.2, 0.25) is 5.91 Å². The molecule has 4 aliphatic rings. The number of amides is 2. The number of nitrogens with one attached hydrogen (secondary N) is 1. The summed E-state index contributed by atoms with van der Waals surface area (Å²) in [7, 11) is 2.06. The first-order valence-corrected chi connectivity index (χ1v) is 15.8. The molecule has 1 aliphatic carbocycles. The minimum absolute atomic E-state index is 0.0949. The van der Waals surface area contributed by atoms with E-state index < -0.39 is 23.2 Å². The second-order valence-corrected chi connectivity index (χ2v) is 13.6. The van der Waals surface area contributed by atoms with Gasteiger partial charge in [0.25, 0.3) is 0 Å². The van der Waals surface area contributed by atoms with Crippen LogP contribution in [-0.4, -0.2) is 95.1 Å². The molecule has 2 amide bonds. The molecule has 1 unspecified atom stereocenters. The minimum Gasteiger partial charge on any atom is -0.462 e. The molecule has 238 valence electrons. The number of nitriles is 1. The fourth-order valence-corrected chi connectivity index (χ4v) is 6.95. The number of para-hydroxylation sites is 1. The lowest BCUT2D eigenvalue weighted by atomic mass is 9.66. The molecule has 12 heteroatoms. The van der Waals surface area contributed by atoms with Crippen molar-refractivity contribution in [2.24, 2.45) is 5.41 Å². The van der Waals surface area contributed by atoms with Crippen LogP contribution in [0.4, 0.5) is 16.3 Å². The number of rotatable bonds is 5. The summed E-state index contributed by atoms with van der Waals surface area (Å²) in [6.07, 6.45) is 2.78. The Morgan fingerprint density at radius 2 is 1.96 bits per heavy atom. The largest absolute Gasteiger partial charge is 0.462 e. The van der Waals surface area contributed by atoms with Crippen molar-refractivity contribution in [1.29, 1.82) is 5.26 Å². The molecule has 2 aromatic rings. The van der Waals surface area contributed by atoms with Crippen LogP contribution in [0, 0.1) is 16.7 Å². The second-order valence-electron chi connectivity index (χ2n) is 13.6. The Morgan fingerprint density at radius 3 is 2.69 bits per heavy atom. The highest BCUT2D eigenvalue weighted by Gasteiger charge is 2.53. The van der Waals surface area contributed by atoms with Gasteiger partial charge in [0.15, 0.2) is 5.78 Å². The van der Waals surface area contributed by atoms with E-state index in [1.165, 1.54) is 0 Å². The van der Waals surface area contributed by atoms with E-state index in [1.54, 1.807) is 4.90 Å². The van der Waals surface area contributed by atoms with Crippen LogP contribution in [0.25, 0.3) is 0 Å². The summed E-state index contributed by atoms with van der Waals surface area (Å²) in [6, 6.07) is 9.64. The number of benzene rings is 1. The molecule has 4 heterocycles. The standard InChI is InChI=1S/C33H41N7O5/c1-32(2,3)45-31(43)40-17-16-39(19-22(40)12-14-34)28-24-11-13-33(18-21-8-5-6-10-25(21)35-29(33)42)27(41)26(24)36-30(37-28)44-20-23-9-7-15-38(23)4/h5-6,8,10,22-23H,7,9,11-13,15-20H2,1-4H3,(H,35,42)/t22-,23-,33?/m0/s1. The number of fused-ring (bicyclic) bond motifs is 2. The number of hydrogen-bond donors (Lipinski definition) is 1. The zero-order chi connectivity index (χ0) is 31.9. The molecular formula is C33H41N7O5. The van der Waals surface area contributed by atoms with Crippen LogP contribution in [-0.2, 0) is 22.4 Å². The number of carbonyl (C=O) groups excluding carboxylic acids is 3.